The van der Waals surface area contributed by atoms with Gasteiger partial charge in [0.1, 0.15) is 13.1 Å². The Morgan fingerprint density at radius 2 is 2.00 bits per heavy atom. The molecule has 2 fully saturated rings. The van der Waals surface area contributed by atoms with Crippen LogP contribution in [0.5, 0.6) is 0 Å². The smallest absolute Gasteiger partial charge is 0.283 e. The van der Waals surface area contributed by atoms with Gasteiger partial charge < -0.3 is 14.5 Å². The molecule has 136 valence electrons. The standard InChI is InChI=1S/C17H23N3O4S/c21-17(19-5-1-2-6-19)14-3-4-16(15(13-14)20(22)23)25-12-9-18-7-10-24-11-8-18/h3-4,13H,1-2,5-12H2/p+1. The first-order valence-corrected chi connectivity index (χ1v) is 9.75. The van der Waals surface area contributed by atoms with Crippen LogP contribution in [0, 0.1) is 10.1 Å². The summed E-state index contributed by atoms with van der Waals surface area (Å²) in [5.74, 6) is 0.713. The first kappa shape index (κ1) is 18.2. The van der Waals surface area contributed by atoms with Gasteiger partial charge >= 0.3 is 0 Å². The number of morpholine rings is 1. The topological polar surface area (TPSA) is 77.1 Å². The minimum atomic E-state index is -0.384. The fourth-order valence-electron chi connectivity index (χ4n) is 3.23. The van der Waals surface area contributed by atoms with E-state index in [9.17, 15) is 14.9 Å². The molecular weight excluding hydrogens is 342 g/mol. The molecule has 2 aliphatic heterocycles. The SMILES string of the molecule is O=C(c1ccc(SCC[NH+]2CCOCC2)c([N+](=O)[O-])c1)N1CCCC1. The number of likely N-dealkylation sites (tertiary alicyclic amines) is 1. The molecule has 0 unspecified atom stereocenters. The van der Waals surface area contributed by atoms with E-state index in [0.717, 1.165) is 64.5 Å². The van der Waals surface area contributed by atoms with E-state index in [-0.39, 0.29) is 16.5 Å². The van der Waals surface area contributed by atoms with Crippen molar-refractivity contribution in [1.29, 1.82) is 0 Å². The molecule has 0 bridgehead atoms. The number of quaternary nitrogens is 1. The summed E-state index contributed by atoms with van der Waals surface area (Å²) in [5, 5.41) is 11.4. The van der Waals surface area contributed by atoms with Gasteiger partial charge in [-0.3, -0.25) is 14.9 Å². The van der Waals surface area contributed by atoms with Crippen LogP contribution >= 0.6 is 11.8 Å². The third-order valence-corrected chi connectivity index (χ3v) is 5.77. The summed E-state index contributed by atoms with van der Waals surface area (Å²) in [6, 6.07) is 4.88. The lowest BCUT2D eigenvalue weighted by atomic mass is 10.2. The Labute approximate surface area is 151 Å². The van der Waals surface area contributed by atoms with Crippen molar-refractivity contribution in [3.05, 3.63) is 33.9 Å². The van der Waals surface area contributed by atoms with Gasteiger partial charge in [0, 0.05) is 30.5 Å². The highest BCUT2D eigenvalue weighted by Gasteiger charge is 2.23. The number of amides is 1. The maximum absolute atomic E-state index is 12.4. The van der Waals surface area contributed by atoms with Gasteiger partial charge in [0.15, 0.2) is 0 Å². The van der Waals surface area contributed by atoms with Gasteiger partial charge in [-0.15, -0.1) is 11.8 Å². The number of hydrogen-bond donors (Lipinski definition) is 1. The summed E-state index contributed by atoms with van der Waals surface area (Å²) in [6.07, 6.45) is 2.01. The second-order valence-corrected chi connectivity index (χ2v) is 7.54. The maximum atomic E-state index is 12.4. The van der Waals surface area contributed by atoms with E-state index in [2.05, 4.69) is 0 Å². The third-order valence-electron chi connectivity index (χ3n) is 4.71. The highest BCUT2D eigenvalue weighted by Crippen LogP contribution is 2.30. The van der Waals surface area contributed by atoms with Gasteiger partial charge in [-0.05, 0) is 25.0 Å². The molecule has 3 rings (SSSR count). The van der Waals surface area contributed by atoms with Gasteiger partial charge in [0.05, 0.1) is 29.6 Å². The van der Waals surface area contributed by atoms with Gasteiger partial charge in [0.2, 0.25) is 0 Å². The first-order valence-electron chi connectivity index (χ1n) is 8.77. The highest BCUT2D eigenvalue weighted by atomic mass is 32.2. The number of nitrogens with one attached hydrogen (secondary N) is 1. The largest absolute Gasteiger partial charge is 0.370 e. The highest BCUT2D eigenvalue weighted by molar-refractivity contribution is 7.99. The van der Waals surface area contributed by atoms with Crippen LogP contribution in [0.25, 0.3) is 0 Å². The molecule has 2 aliphatic rings. The molecule has 0 saturated carbocycles. The van der Waals surface area contributed by atoms with Crippen LogP contribution in [0.1, 0.15) is 23.2 Å². The van der Waals surface area contributed by atoms with Gasteiger partial charge in [-0.1, -0.05) is 0 Å². The fourth-order valence-corrected chi connectivity index (χ4v) is 4.29. The molecule has 7 nitrogen and oxygen atoms in total. The van der Waals surface area contributed by atoms with E-state index >= 15 is 0 Å². The predicted molar refractivity (Wildman–Crippen MR) is 95.3 cm³/mol. The Morgan fingerprint density at radius 1 is 1.28 bits per heavy atom. The molecule has 2 saturated heterocycles. The van der Waals surface area contributed by atoms with Crippen LogP contribution in [0.3, 0.4) is 0 Å². The molecule has 2 heterocycles. The van der Waals surface area contributed by atoms with Crippen molar-refractivity contribution in [2.24, 2.45) is 0 Å². The van der Waals surface area contributed by atoms with Crippen LogP contribution in [0.4, 0.5) is 5.69 Å². The van der Waals surface area contributed by atoms with Crippen LogP contribution < -0.4 is 4.90 Å². The van der Waals surface area contributed by atoms with Crippen molar-refractivity contribution >= 4 is 23.4 Å². The number of carbonyl (C=O) groups excluding carboxylic acids is 1. The van der Waals surface area contributed by atoms with E-state index < -0.39 is 0 Å². The van der Waals surface area contributed by atoms with Crippen molar-refractivity contribution in [3.63, 3.8) is 0 Å². The van der Waals surface area contributed by atoms with Crippen molar-refractivity contribution in [1.82, 2.24) is 4.90 Å². The molecule has 1 aromatic rings. The summed E-state index contributed by atoms with van der Waals surface area (Å²) in [4.78, 5) is 27.4. The minimum Gasteiger partial charge on any atom is -0.370 e. The van der Waals surface area contributed by atoms with Crippen molar-refractivity contribution in [2.75, 3.05) is 51.7 Å². The van der Waals surface area contributed by atoms with Crippen LogP contribution in [0.15, 0.2) is 23.1 Å². The number of benzene rings is 1. The van der Waals surface area contributed by atoms with Crippen molar-refractivity contribution in [3.8, 4) is 0 Å². The zero-order valence-electron chi connectivity index (χ0n) is 14.2. The molecule has 0 aromatic heterocycles. The Bertz CT molecular complexity index is 628. The summed E-state index contributed by atoms with van der Waals surface area (Å²) in [7, 11) is 0. The van der Waals surface area contributed by atoms with E-state index in [1.165, 1.54) is 22.7 Å². The van der Waals surface area contributed by atoms with Crippen molar-refractivity contribution in [2.45, 2.75) is 17.7 Å². The number of carbonyl (C=O) groups is 1. The van der Waals surface area contributed by atoms with E-state index in [4.69, 9.17) is 4.74 Å². The van der Waals surface area contributed by atoms with E-state index in [0.29, 0.717) is 10.5 Å². The number of nitro groups is 1. The lowest BCUT2D eigenvalue weighted by Crippen LogP contribution is -3.14. The molecule has 1 amide bonds. The van der Waals surface area contributed by atoms with Crippen molar-refractivity contribution < 1.29 is 19.4 Å². The lowest BCUT2D eigenvalue weighted by Gasteiger charge is -2.23. The maximum Gasteiger partial charge on any atom is 0.283 e. The molecule has 0 radical (unpaired) electrons. The number of ether oxygens (including phenoxy) is 1. The summed E-state index contributed by atoms with van der Waals surface area (Å²) in [5.41, 5.74) is 0.448. The van der Waals surface area contributed by atoms with Crippen LogP contribution in [0.2, 0.25) is 0 Å². The number of thioether (sulfide) groups is 1. The van der Waals surface area contributed by atoms with Gasteiger partial charge in [0.25, 0.3) is 11.6 Å². The van der Waals surface area contributed by atoms with E-state index in [1.807, 2.05) is 0 Å². The zero-order chi connectivity index (χ0) is 17.6. The molecule has 0 atom stereocenters. The number of nitro benzene ring substituents is 1. The summed E-state index contributed by atoms with van der Waals surface area (Å²) < 4.78 is 5.34. The van der Waals surface area contributed by atoms with E-state index in [1.54, 1.807) is 17.0 Å². The Hall–Kier alpha value is -1.64. The number of hydrogen-bond acceptors (Lipinski definition) is 5. The normalized spacial score (nSPS) is 18.5. The Kier molecular flexibility index (Phi) is 6.28. The van der Waals surface area contributed by atoms with Gasteiger partial charge in [-0.25, -0.2) is 0 Å². The lowest BCUT2D eigenvalue weighted by molar-refractivity contribution is -0.905. The fraction of sp³-hybridized carbons (Fsp3) is 0.588. The molecular formula is C17H24N3O4S+. The van der Waals surface area contributed by atoms with Crippen LogP contribution in [-0.4, -0.2) is 67.4 Å². The molecule has 1 N–H and O–H groups in total. The second-order valence-electron chi connectivity index (χ2n) is 6.40. The number of rotatable bonds is 6. The Balaban J connectivity index is 1.64. The minimum absolute atomic E-state index is 0.0343. The van der Waals surface area contributed by atoms with Gasteiger partial charge in [-0.2, -0.15) is 0 Å². The average molecular weight is 366 g/mol. The Morgan fingerprint density at radius 3 is 2.68 bits per heavy atom. The molecule has 8 heteroatoms. The molecule has 1 aromatic carbocycles. The van der Waals surface area contributed by atoms with Crippen LogP contribution in [-0.2, 0) is 4.74 Å². The zero-order valence-corrected chi connectivity index (χ0v) is 15.1. The quantitative estimate of drug-likeness (QED) is 0.459. The number of nitrogens with zero attached hydrogens (tertiary/aromatic N) is 2. The summed E-state index contributed by atoms with van der Waals surface area (Å²) in [6.45, 7) is 6.00. The summed E-state index contributed by atoms with van der Waals surface area (Å²) >= 11 is 1.49. The third kappa shape index (κ3) is 4.71. The monoisotopic (exact) mass is 366 g/mol. The first-order chi connectivity index (χ1) is 12.1. The average Bonchev–Trinajstić information content (AvgIpc) is 3.17. The molecule has 25 heavy (non-hydrogen) atoms. The molecule has 0 spiro atoms. The molecule has 0 aliphatic carbocycles. The predicted octanol–water partition coefficient (Wildman–Crippen LogP) is 0.838. The second kappa shape index (κ2) is 8.64.